The highest BCUT2D eigenvalue weighted by Gasteiger charge is 2.24. The van der Waals surface area contributed by atoms with Gasteiger partial charge >= 0.3 is 0 Å². The third-order valence-electron chi connectivity index (χ3n) is 4.91. The van der Waals surface area contributed by atoms with Gasteiger partial charge in [0.25, 0.3) is 17.1 Å². The van der Waals surface area contributed by atoms with Crippen molar-refractivity contribution in [2.45, 2.75) is 39.8 Å². The van der Waals surface area contributed by atoms with Gasteiger partial charge in [-0.1, -0.05) is 11.1 Å². The van der Waals surface area contributed by atoms with Crippen LogP contribution in [0.2, 0.25) is 0 Å². The number of hydrogen-bond donors (Lipinski definition) is 2. The van der Waals surface area contributed by atoms with E-state index in [4.69, 9.17) is 15.2 Å². The van der Waals surface area contributed by atoms with E-state index in [9.17, 15) is 9.59 Å². The third kappa shape index (κ3) is 5.00. The molecular formula is C22H30N5O4+. The van der Waals surface area contributed by atoms with Crippen molar-refractivity contribution < 1.29 is 18.8 Å². The van der Waals surface area contributed by atoms with Crippen molar-refractivity contribution in [3.8, 4) is 0 Å². The summed E-state index contributed by atoms with van der Waals surface area (Å²) < 4.78 is 13.8. The van der Waals surface area contributed by atoms with E-state index in [2.05, 4.69) is 10.3 Å². The standard InChI is InChI=1S/C22H29N5O4/c1-14(2)31-10-5-9-26-19(23)16(21(28)24-8-11-30-4)12-17-20(26)25-18-7-6-15(3)13-27(18)22(17)29/h6-7,12-14,23H,5,8-11H2,1-4H3,(H,24,28)/p+1. The zero-order valence-corrected chi connectivity index (χ0v) is 18.5. The van der Waals surface area contributed by atoms with E-state index in [1.807, 2.05) is 26.8 Å². The van der Waals surface area contributed by atoms with Gasteiger partial charge in [-0.25, -0.2) is 4.57 Å². The van der Waals surface area contributed by atoms with Crippen LogP contribution in [0.25, 0.3) is 16.7 Å². The molecule has 0 aliphatic rings. The number of anilines is 1. The maximum Gasteiger partial charge on any atom is 0.278 e. The fraction of sp³-hybridized carbons (Fsp3) is 0.455. The predicted molar refractivity (Wildman–Crippen MR) is 118 cm³/mol. The van der Waals surface area contributed by atoms with Crippen LogP contribution in [0.4, 0.5) is 5.82 Å². The molecule has 0 atom stereocenters. The van der Waals surface area contributed by atoms with Crippen LogP contribution in [0.5, 0.6) is 0 Å². The number of fused-ring (bicyclic) bond motifs is 2. The number of pyridine rings is 2. The summed E-state index contributed by atoms with van der Waals surface area (Å²) in [5, 5.41) is 3.10. The number of nitrogens with zero attached hydrogens (tertiary/aromatic N) is 3. The fourth-order valence-electron chi connectivity index (χ4n) is 3.37. The lowest BCUT2D eigenvalue weighted by atomic mass is 10.1. The molecule has 3 aromatic rings. The quantitative estimate of drug-likeness (QED) is 0.301. The second-order valence-corrected chi connectivity index (χ2v) is 7.71. The van der Waals surface area contributed by atoms with Crippen molar-refractivity contribution >= 4 is 28.4 Å². The second kappa shape index (κ2) is 9.84. The number of methoxy groups -OCH3 is 1. The number of rotatable bonds is 9. The Hall–Kier alpha value is -3.04. The van der Waals surface area contributed by atoms with E-state index in [1.165, 1.54) is 10.5 Å². The molecular weight excluding hydrogens is 398 g/mol. The molecule has 166 valence electrons. The molecule has 0 fully saturated rings. The Morgan fingerprint density at radius 1 is 1.32 bits per heavy atom. The molecule has 0 bridgehead atoms. The minimum atomic E-state index is -0.364. The number of hydrogen-bond acceptors (Lipinski definition) is 6. The molecule has 0 spiro atoms. The van der Waals surface area contributed by atoms with Gasteiger partial charge in [-0.05, 0) is 38.5 Å². The highest BCUT2D eigenvalue weighted by atomic mass is 16.5. The number of ether oxygens (including phenoxy) is 2. The van der Waals surface area contributed by atoms with Gasteiger partial charge in [-0.15, -0.1) is 0 Å². The number of aromatic nitrogens is 3. The number of nitrogen functional groups attached to an aromatic ring is 1. The number of carbonyl (C=O) groups is 1. The maximum absolute atomic E-state index is 13.3. The summed E-state index contributed by atoms with van der Waals surface area (Å²) in [6, 6.07) is 5.22. The van der Waals surface area contributed by atoms with Gasteiger partial charge in [0.2, 0.25) is 11.5 Å². The maximum atomic E-state index is 13.3. The zero-order chi connectivity index (χ0) is 22.5. The van der Waals surface area contributed by atoms with Crippen LogP contribution < -0.4 is 21.2 Å². The van der Waals surface area contributed by atoms with Gasteiger partial charge in [0.15, 0.2) is 0 Å². The first-order valence-corrected chi connectivity index (χ1v) is 10.4. The van der Waals surface area contributed by atoms with Crippen molar-refractivity contribution in [1.29, 1.82) is 0 Å². The van der Waals surface area contributed by atoms with Crippen LogP contribution in [0.1, 0.15) is 36.2 Å². The first kappa shape index (κ1) is 22.6. The normalized spacial score (nSPS) is 11.5. The lowest BCUT2D eigenvalue weighted by Crippen LogP contribution is -2.43. The van der Waals surface area contributed by atoms with Crippen LogP contribution in [0.15, 0.2) is 29.2 Å². The smallest absolute Gasteiger partial charge is 0.278 e. The Morgan fingerprint density at radius 2 is 2.10 bits per heavy atom. The highest BCUT2D eigenvalue weighted by Crippen LogP contribution is 2.15. The van der Waals surface area contributed by atoms with Crippen molar-refractivity contribution in [2.24, 2.45) is 0 Å². The van der Waals surface area contributed by atoms with E-state index in [1.54, 1.807) is 23.9 Å². The van der Waals surface area contributed by atoms with Crippen LogP contribution in [-0.4, -0.2) is 48.3 Å². The minimum Gasteiger partial charge on any atom is -0.383 e. The Kier molecular flexibility index (Phi) is 7.19. The van der Waals surface area contributed by atoms with Crippen LogP contribution in [-0.2, 0) is 16.0 Å². The van der Waals surface area contributed by atoms with Crippen LogP contribution >= 0.6 is 0 Å². The summed E-state index contributed by atoms with van der Waals surface area (Å²) in [5.41, 5.74) is 8.29. The molecule has 9 heteroatoms. The van der Waals surface area contributed by atoms with E-state index >= 15 is 0 Å². The van der Waals surface area contributed by atoms with Crippen molar-refractivity contribution in [3.63, 3.8) is 0 Å². The Morgan fingerprint density at radius 3 is 2.81 bits per heavy atom. The average Bonchev–Trinajstić information content (AvgIpc) is 2.73. The SMILES string of the molecule is COCCNC(=O)c1cc2c(=O)n3cc(C)ccc3nc2[n+](CCCOC(C)C)c1N. The van der Waals surface area contributed by atoms with Crippen molar-refractivity contribution in [3.05, 3.63) is 45.9 Å². The summed E-state index contributed by atoms with van der Waals surface area (Å²) in [4.78, 5) is 30.7. The van der Waals surface area contributed by atoms with Gasteiger partial charge < -0.3 is 20.5 Å². The van der Waals surface area contributed by atoms with Gasteiger partial charge in [0.05, 0.1) is 19.3 Å². The zero-order valence-electron chi connectivity index (χ0n) is 18.5. The molecule has 0 unspecified atom stereocenters. The van der Waals surface area contributed by atoms with Crippen molar-refractivity contribution in [1.82, 2.24) is 14.7 Å². The van der Waals surface area contributed by atoms with Gasteiger partial charge in [0, 0.05) is 32.9 Å². The molecule has 0 saturated heterocycles. The van der Waals surface area contributed by atoms with E-state index in [0.29, 0.717) is 49.4 Å². The fourth-order valence-corrected chi connectivity index (χ4v) is 3.37. The molecule has 0 saturated carbocycles. The molecule has 3 aromatic heterocycles. The largest absolute Gasteiger partial charge is 0.383 e. The molecule has 0 aromatic carbocycles. The number of nitrogens with two attached hydrogens (primary N) is 1. The van der Waals surface area contributed by atoms with Crippen LogP contribution in [0, 0.1) is 6.92 Å². The van der Waals surface area contributed by atoms with Gasteiger partial charge in [-0.2, -0.15) is 0 Å². The van der Waals surface area contributed by atoms with E-state index in [0.717, 1.165) is 5.56 Å². The molecule has 3 N–H and O–H groups in total. The molecule has 31 heavy (non-hydrogen) atoms. The van der Waals surface area contributed by atoms with E-state index < -0.39 is 0 Å². The molecule has 1 amide bonds. The number of aryl methyl sites for hydroxylation is 2. The topological polar surface area (TPSA) is 112 Å². The second-order valence-electron chi connectivity index (χ2n) is 7.71. The lowest BCUT2D eigenvalue weighted by molar-refractivity contribution is -0.659. The van der Waals surface area contributed by atoms with Gasteiger partial charge in [-0.3, -0.25) is 14.0 Å². The van der Waals surface area contributed by atoms with E-state index in [-0.39, 0.29) is 29.0 Å². The summed E-state index contributed by atoms with van der Waals surface area (Å²) in [6.07, 6.45) is 2.51. The monoisotopic (exact) mass is 428 g/mol. The summed E-state index contributed by atoms with van der Waals surface area (Å²) in [7, 11) is 1.56. The Bertz CT molecular complexity index is 1160. The molecule has 3 rings (SSSR count). The molecule has 0 radical (unpaired) electrons. The first-order valence-electron chi connectivity index (χ1n) is 10.4. The molecule has 0 aliphatic heterocycles. The number of carbonyl (C=O) groups excluding carboxylic acids is 1. The third-order valence-corrected chi connectivity index (χ3v) is 4.91. The Labute approximate surface area is 180 Å². The molecule has 0 aliphatic carbocycles. The number of nitrogens with one attached hydrogen (secondary N) is 1. The highest BCUT2D eigenvalue weighted by molar-refractivity contribution is 6.00. The van der Waals surface area contributed by atoms with Crippen LogP contribution in [0.3, 0.4) is 0 Å². The average molecular weight is 429 g/mol. The lowest BCUT2D eigenvalue weighted by Gasteiger charge is -2.13. The molecule has 9 nitrogen and oxygen atoms in total. The number of amides is 1. The first-order chi connectivity index (χ1) is 14.8. The summed E-state index contributed by atoms with van der Waals surface area (Å²) >= 11 is 0. The van der Waals surface area contributed by atoms with Crippen molar-refractivity contribution in [2.75, 3.05) is 32.6 Å². The predicted octanol–water partition coefficient (Wildman–Crippen LogP) is 1.22. The minimum absolute atomic E-state index is 0.118. The summed E-state index contributed by atoms with van der Waals surface area (Å²) in [6.45, 7) is 7.55. The van der Waals surface area contributed by atoms with Gasteiger partial charge in [0.1, 0.15) is 10.9 Å². The molecule has 3 heterocycles. The summed E-state index contributed by atoms with van der Waals surface area (Å²) in [5.74, 6) is -0.104. The Balaban J connectivity index is 2.14.